The van der Waals surface area contributed by atoms with Gasteiger partial charge in [-0.3, -0.25) is 5.32 Å². The first kappa shape index (κ1) is 14.5. The highest BCUT2D eigenvalue weighted by Crippen LogP contribution is 2.20. The number of thioether (sulfide) groups is 1. The molecule has 1 rings (SSSR count). The Morgan fingerprint density at radius 3 is 2.42 bits per heavy atom. The van der Waals surface area contributed by atoms with Gasteiger partial charge in [-0.05, 0) is 24.5 Å². The third kappa shape index (κ3) is 3.72. The van der Waals surface area contributed by atoms with Gasteiger partial charge in [0.05, 0.1) is 16.8 Å². The van der Waals surface area contributed by atoms with Gasteiger partial charge in [0.15, 0.2) is 11.4 Å². The van der Waals surface area contributed by atoms with Crippen LogP contribution in [0.4, 0.5) is 5.69 Å². The van der Waals surface area contributed by atoms with Crippen LogP contribution >= 0.6 is 11.8 Å². The first-order valence-electron chi connectivity index (χ1n) is 4.88. The number of aromatic carboxylic acids is 2. The molecule has 1 aromatic rings. The first-order valence-corrected chi connectivity index (χ1v) is 6.10. The third-order valence-electron chi connectivity index (χ3n) is 2.05. The highest BCUT2D eigenvalue weighted by molar-refractivity contribution is 8.13. The van der Waals surface area contributed by atoms with E-state index in [1.54, 1.807) is 12.4 Å². The van der Waals surface area contributed by atoms with Crippen LogP contribution in [-0.2, 0) is 0 Å². The van der Waals surface area contributed by atoms with Gasteiger partial charge in [-0.2, -0.15) is 5.26 Å². The molecule has 0 fully saturated rings. The van der Waals surface area contributed by atoms with Crippen LogP contribution in [0.15, 0.2) is 23.2 Å². The molecule has 0 aliphatic carbocycles. The summed E-state index contributed by atoms with van der Waals surface area (Å²) in [6, 6.07) is 3.67. The van der Waals surface area contributed by atoms with Gasteiger partial charge >= 0.3 is 11.9 Å². The molecule has 0 saturated carbocycles. The number of carboxylic acids is 2. The summed E-state index contributed by atoms with van der Waals surface area (Å²) in [6.07, 6.45) is 3.38. The lowest BCUT2D eigenvalue weighted by Crippen LogP contribution is -2.12. The monoisotopic (exact) mass is 279 g/mol. The van der Waals surface area contributed by atoms with Gasteiger partial charge in [0.25, 0.3) is 0 Å². The molecular formula is C11H9N3O4S. The van der Waals surface area contributed by atoms with E-state index in [1.165, 1.54) is 17.8 Å². The van der Waals surface area contributed by atoms with Gasteiger partial charge < -0.3 is 10.2 Å². The highest BCUT2D eigenvalue weighted by atomic mass is 32.2. The molecule has 0 amide bonds. The lowest BCUT2D eigenvalue weighted by molar-refractivity contribution is 0.0651. The molecular weight excluding hydrogens is 270 g/mol. The fraction of sp³-hybridized carbons (Fsp3) is 0.0909. The highest BCUT2D eigenvalue weighted by Gasteiger charge is 2.16. The standard InChI is InChI=1S/C11H9N3O4S/c1-19-11(13-5-12)14-6-2-3-7(9(15)16)8(4-6)10(17)18/h2-4H,1H3,(H,13,14)(H,15,16)(H,17,18). The van der Waals surface area contributed by atoms with Crippen molar-refractivity contribution in [3.63, 3.8) is 0 Å². The molecule has 0 heterocycles. The summed E-state index contributed by atoms with van der Waals surface area (Å²) < 4.78 is 0. The number of rotatable bonds is 3. The van der Waals surface area contributed by atoms with Crippen molar-refractivity contribution in [1.29, 1.82) is 5.26 Å². The van der Waals surface area contributed by atoms with E-state index < -0.39 is 11.9 Å². The molecule has 7 nitrogen and oxygen atoms in total. The van der Waals surface area contributed by atoms with E-state index in [0.717, 1.165) is 12.1 Å². The van der Waals surface area contributed by atoms with Crippen LogP contribution < -0.4 is 5.32 Å². The normalized spacial score (nSPS) is 10.6. The zero-order chi connectivity index (χ0) is 14.4. The van der Waals surface area contributed by atoms with Crippen LogP contribution in [0.25, 0.3) is 0 Å². The molecule has 0 aromatic heterocycles. The molecule has 0 aliphatic heterocycles. The second-order valence-corrected chi connectivity index (χ2v) is 3.99. The van der Waals surface area contributed by atoms with Crippen LogP contribution in [0, 0.1) is 11.5 Å². The Labute approximate surface area is 112 Å². The minimum Gasteiger partial charge on any atom is -0.478 e. The van der Waals surface area contributed by atoms with Crippen molar-refractivity contribution < 1.29 is 19.8 Å². The van der Waals surface area contributed by atoms with Crippen LogP contribution in [0.5, 0.6) is 0 Å². The zero-order valence-corrected chi connectivity index (χ0v) is 10.6. The lowest BCUT2D eigenvalue weighted by atomic mass is 10.1. The number of carbonyl (C=O) groups is 2. The van der Waals surface area contributed by atoms with Crippen LogP contribution in [0.1, 0.15) is 20.7 Å². The fourth-order valence-corrected chi connectivity index (χ4v) is 1.60. The number of nitriles is 1. The summed E-state index contributed by atoms with van der Waals surface area (Å²) in [4.78, 5) is 25.8. The summed E-state index contributed by atoms with van der Waals surface area (Å²) in [7, 11) is 0. The molecule has 19 heavy (non-hydrogen) atoms. The minimum atomic E-state index is -1.35. The maximum absolute atomic E-state index is 11.0. The zero-order valence-electron chi connectivity index (χ0n) is 9.75. The van der Waals surface area contributed by atoms with Gasteiger partial charge in [-0.1, -0.05) is 11.8 Å². The molecule has 0 atom stereocenters. The molecule has 8 heteroatoms. The van der Waals surface area contributed by atoms with E-state index in [1.807, 2.05) is 0 Å². The van der Waals surface area contributed by atoms with Crippen molar-refractivity contribution in [2.24, 2.45) is 4.99 Å². The molecule has 0 spiro atoms. The molecule has 0 aliphatic rings. The van der Waals surface area contributed by atoms with E-state index in [0.29, 0.717) is 0 Å². The molecule has 3 N–H and O–H groups in total. The summed E-state index contributed by atoms with van der Waals surface area (Å²) in [5.41, 5.74) is -0.425. The van der Waals surface area contributed by atoms with E-state index in [-0.39, 0.29) is 22.0 Å². The summed E-state index contributed by atoms with van der Waals surface area (Å²) in [6.45, 7) is 0. The number of aliphatic imine (C=N–C) groups is 1. The van der Waals surface area contributed by atoms with Crippen LogP contribution in [0.3, 0.4) is 0 Å². The molecule has 0 saturated heterocycles. The van der Waals surface area contributed by atoms with Crippen molar-refractivity contribution in [3.05, 3.63) is 29.3 Å². The van der Waals surface area contributed by atoms with Gasteiger partial charge in [0, 0.05) is 0 Å². The Kier molecular flexibility index (Phi) is 4.91. The number of hydrogen-bond donors (Lipinski definition) is 3. The second kappa shape index (κ2) is 6.42. The Hall–Kier alpha value is -2.53. The van der Waals surface area contributed by atoms with Crippen molar-refractivity contribution in [2.75, 3.05) is 6.26 Å². The molecule has 0 bridgehead atoms. The third-order valence-corrected chi connectivity index (χ3v) is 2.63. The average molecular weight is 279 g/mol. The predicted octanol–water partition coefficient (Wildman–Crippen LogP) is 1.50. The first-order chi connectivity index (χ1) is 8.99. The van der Waals surface area contributed by atoms with Gasteiger partial charge in [0.2, 0.25) is 0 Å². The van der Waals surface area contributed by atoms with E-state index in [4.69, 9.17) is 15.5 Å². The topological polar surface area (TPSA) is 123 Å². The lowest BCUT2D eigenvalue weighted by Gasteiger charge is -2.04. The van der Waals surface area contributed by atoms with Gasteiger partial charge in [0.1, 0.15) is 0 Å². The quantitative estimate of drug-likeness (QED) is 0.331. The van der Waals surface area contributed by atoms with Crippen molar-refractivity contribution >= 4 is 34.6 Å². The molecule has 0 unspecified atom stereocenters. The predicted molar refractivity (Wildman–Crippen MR) is 69.7 cm³/mol. The maximum atomic E-state index is 11.0. The minimum absolute atomic E-state index is 0.245. The molecule has 98 valence electrons. The largest absolute Gasteiger partial charge is 0.478 e. The average Bonchev–Trinajstić information content (AvgIpc) is 2.37. The number of hydrogen-bond acceptors (Lipinski definition) is 5. The van der Waals surface area contributed by atoms with E-state index >= 15 is 0 Å². The Morgan fingerprint density at radius 2 is 1.95 bits per heavy atom. The number of nitrogens with one attached hydrogen (secondary N) is 1. The van der Waals surface area contributed by atoms with Crippen LogP contribution in [-0.4, -0.2) is 33.6 Å². The van der Waals surface area contributed by atoms with Crippen LogP contribution in [0.2, 0.25) is 0 Å². The van der Waals surface area contributed by atoms with E-state index in [2.05, 4.69) is 10.3 Å². The Morgan fingerprint density at radius 1 is 1.32 bits per heavy atom. The smallest absolute Gasteiger partial charge is 0.336 e. The molecule has 0 radical (unpaired) electrons. The summed E-state index contributed by atoms with van der Waals surface area (Å²) in [5, 5.41) is 28.9. The maximum Gasteiger partial charge on any atom is 0.336 e. The van der Waals surface area contributed by atoms with Gasteiger partial charge in [-0.15, -0.1) is 0 Å². The second-order valence-electron chi connectivity index (χ2n) is 3.20. The van der Waals surface area contributed by atoms with E-state index in [9.17, 15) is 9.59 Å². The Balaban J connectivity index is 3.26. The van der Waals surface area contributed by atoms with Crippen molar-refractivity contribution in [3.8, 4) is 6.19 Å². The number of carboxylic acid groups (broad SMARTS) is 2. The summed E-state index contributed by atoms with van der Waals surface area (Å²) >= 11 is 1.17. The Bertz CT molecular complexity index is 592. The molecule has 1 aromatic carbocycles. The van der Waals surface area contributed by atoms with Crippen molar-refractivity contribution in [1.82, 2.24) is 5.32 Å². The summed E-state index contributed by atoms with van der Waals surface area (Å²) in [5.74, 6) is -2.68. The number of benzene rings is 1. The van der Waals surface area contributed by atoms with Crippen molar-refractivity contribution in [2.45, 2.75) is 0 Å². The number of nitrogens with zero attached hydrogens (tertiary/aromatic N) is 2. The fourth-order valence-electron chi connectivity index (χ4n) is 1.25. The number of amidine groups is 1. The SMILES string of the molecule is CSC(=Nc1ccc(C(=O)O)c(C(=O)O)c1)NC#N. The van der Waals surface area contributed by atoms with Gasteiger partial charge in [-0.25, -0.2) is 14.6 Å².